The minimum absolute atomic E-state index is 0.0342. The molecule has 0 saturated carbocycles. The zero-order valence-electron chi connectivity index (χ0n) is 21.2. The number of rotatable bonds is 5. The van der Waals surface area contributed by atoms with Crippen LogP contribution >= 0.6 is 11.6 Å². The molecule has 1 aliphatic heterocycles. The number of amidine groups is 1. The predicted molar refractivity (Wildman–Crippen MR) is 131 cm³/mol. The van der Waals surface area contributed by atoms with E-state index in [4.69, 9.17) is 21.1 Å². The van der Waals surface area contributed by atoms with Gasteiger partial charge in [0.25, 0.3) is 0 Å². The Hall–Kier alpha value is -2.86. The van der Waals surface area contributed by atoms with Crippen molar-refractivity contribution in [2.75, 3.05) is 13.1 Å². The highest BCUT2D eigenvalue weighted by Crippen LogP contribution is 2.22. The summed E-state index contributed by atoms with van der Waals surface area (Å²) in [6.07, 6.45) is 0.841. The lowest BCUT2D eigenvalue weighted by Crippen LogP contribution is -2.52. The van der Waals surface area contributed by atoms with Crippen LogP contribution in [0.3, 0.4) is 0 Å². The van der Waals surface area contributed by atoms with Crippen molar-refractivity contribution in [3.63, 3.8) is 0 Å². The number of nitrogens with one attached hydrogen (secondary N) is 1. The fourth-order valence-electron chi connectivity index (χ4n) is 3.56. The second-order valence-corrected chi connectivity index (χ2v) is 10.8. The van der Waals surface area contributed by atoms with E-state index in [1.165, 1.54) is 18.2 Å². The minimum atomic E-state index is -1.30. The Morgan fingerprint density at radius 3 is 2.51 bits per heavy atom. The second kappa shape index (κ2) is 11.7. The fraction of sp³-hybridized carbons (Fsp3) is 0.600. The van der Waals surface area contributed by atoms with Gasteiger partial charge in [-0.1, -0.05) is 11.6 Å². The normalized spacial score (nSPS) is 17.9. The first-order valence-electron chi connectivity index (χ1n) is 11.5. The van der Waals surface area contributed by atoms with Gasteiger partial charge in [0.15, 0.2) is 0 Å². The van der Waals surface area contributed by atoms with Gasteiger partial charge in [-0.3, -0.25) is 9.79 Å². The lowest BCUT2D eigenvalue weighted by molar-refractivity contribution is -0.156. The molecule has 1 unspecified atom stereocenters. The highest BCUT2D eigenvalue weighted by molar-refractivity contribution is 6.31. The molecule has 0 aromatic heterocycles. The molecule has 2 atom stereocenters. The number of nitrogens with zero attached hydrogens (tertiary/aromatic N) is 3. The van der Waals surface area contributed by atoms with Crippen molar-refractivity contribution < 1.29 is 23.5 Å². The van der Waals surface area contributed by atoms with Crippen molar-refractivity contribution >= 4 is 29.5 Å². The third-order valence-electron chi connectivity index (χ3n) is 4.92. The van der Waals surface area contributed by atoms with Gasteiger partial charge < -0.3 is 19.7 Å². The second-order valence-electron chi connectivity index (χ2n) is 10.4. The third kappa shape index (κ3) is 9.36. The van der Waals surface area contributed by atoms with Crippen molar-refractivity contribution in [1.29, 1.82) is 5.26 Å². The molecule has 2 rings (SSSR count). The molecule has 0 aliphatic carbocycles. The van der Waals surface area contributed by atoms with E-state index in [2.05, 4.69) is 10.3 Å². The van der Waals surface area contributed by atoms with Crippen LogP contribution in [0.25, 0.3) is 0 Å². The molecule has 192 valence electrons. The number of amides is 1. The van der Waals surface area contributed by atoms with Crippen LogP contribution in [0.5, 0.6) is 0 Å². The number of nitriles is 1. The van der Waals surface area contributed by atoms with Crippen molar-refractivity contribution in [1.82, 2.24) is 10.2 Å². The number of hydrogen-bond donors (Lipinski definition) is 1. The molecule has 10 heteroatoms. The molecule has 0 spiro atoms. The van der Waals surface area contributed by atoms with Crippen LogP contribution in [0.4, 0.5) is 9.18 Å². The Balaban J connectivity index is 2.33. The number of esters is 1. The molecule has 1 heterocycles. The van der Waals surface area contributed by atoms with Gasteiger partial charge in [-0.05, 0) is 78.1 Å². The molecular weight excluding hydrogens is 475 g/mol. The van der Waals surface area contributed by atoms with Crippen LogP contribution < -0.4 is 5.32 Å². The molecule has 1 fully saturated rings. The van der Waals surface area contributed by atoms with Gasteiger partial charge in [-0.15, -0.1) is 0 Å². The van der Waals surface area contributed by atoms with Crippen LogP contribution in [0, 0.1) is 23.1 Å². The van der Waals surface area contributed by atoms with Crippen molar-refractivity contribution in [2.45, 2.75) is 78.2 Å². The number of carbonyl (C=O) groups is 2. The summed E-state index contributed by atoms with van der Waals surface area (Å²) in [7, 11) is 0. The summed E-state index contributed by atoms with van der Waals surface area (Å²) in [6.45, 7) is 11.3. The van der Waals surface area contributed by atoms with E-state index in [1.54, 1.807) is 46.4 Å². The van der Waals surface area contributed by atoms with E-state index in [0.717, 1.165) is 0 Å². The first kappa shape index (κ1) is 28.4. The van der Waals surface area contributed by atoms with Crippen LogP contribution in [0.15, 0.2) is 23.2 Å². The van der Waals surface area contributed by atoms with E-state index in [-0.39, 0.29) is 18.4 Å². The minimum Gasteiger partial charge on any atom is -0.459 e. The highest BCUT2D eigenvalue weighted by atomic mass is 35.5. The number of alkyl carbamates (subject to hydrolysis) is 1. The summed E-state index contributed by atoms with van der Waals surface area (Å²) in [5.41, 5.74) is -1.02. The smallest absolute Gasteiger partial charge is 0.407 e. The van der Waals surface area contributed by atoms with Gasteiger partial charge in [0, 0.05) is 24.2 Å². The molecule has 1 aromatic carbocycles. The number of aliphatic imine (C=N–C) groups is 1. The van der Waals surface area contributed by atoms with Crippen LogP contribution in [-0.4, -0.2) is 53.1 Å². The van der Waals surface area contributed by atoms with E-state index < -0.39 is 35.0 Å². The summed E-state index contributed by atoms with van der Waals surface area (Å²) < 4.78 is 24.6. The van der Waals surface area contributed by atoms with Gasteiger partial charge in [-0.25, -0.2) is 9.18 Å². The number of hydrogen-bond acceptors (Lipinski definition) is 6. The molecular formula is C25H34ClFN4O4. The Morgan fingerprint density at radius 1 is 1.26 bits per heavy atom. The number of likely N-dealkylation sites (tertiary alicyclic amines) is 1. The average molecular weight is 509 g/mol. The van der Waals surface area contributed by atoms with Crippen molar-refractivity contribution in [2.24, 2.45) is 10.9 Å². The number of carbonyl (C=O) groups excluding carboxylic acids is 2. The van der Waals surface area contributed by atoms with Crippen LogP contribution in [0.1, 0.15) is 59.9 Å². The predicted octanol–water partition coefficient (Wildman–Crippen LogP) is 4.85. The summed E-state index contributed by atoms with van der Waals surface area (Å²) in [5.74, 6) is -2.31. The van der Waals surface area contributed by atoms with Gasteiger partial charge in [-0.2, -0.15) is 5.26 Å². The fourth-order valence-corrected chi connectivity index (χ4v) is 3.74. The van der Waals surface area contributed by atoms with Gasteiger partial charge >= 0.3 is 12.1 Å². The van der Waals surface area contributed by atoms with E-state index >= 15 is 0 Å². The summed E-state index contributed by atoms with van der Waals surface area (Å²) in [6, 6.07) is 5.66. The van der Waals surface area contributed by atoms with Crippen molar-refractivity contribution in [3.8, 4) is 6.07 Å². The Labute approximate surface area is 211 Å². The molecule has 1 aromatic rings. The molecule has 1 amide bonds. The van der Waals surface area contributed by atoms with Gasteiger partial charge in [0.1, 0.15) is 22.9 Å². The Kier molecular flexibility index (Phi) is 9.50. The average Bonchev–Trinajstić information content (AvgIpc) is 2.70. The highest BCUT2D eigenvalue weighted by Gasteiger charge is 2.35. The number of benzene rings is 1. The molecule has 8 nitrogen and oxygen atoms in total. The number of halogens is 2. The molecule has 1 N–H and O–H groups in total. The number of piperidine rings is 1. The lowest BCUT2D eigenvalue weighted by atomic mass is 10.0. The van der Waals surface area contributed by atoms with E-state index in [9.17, 15) is 19.2 Å². The molecule has 1 saturated heterocycles. The van der Waals surface area contributed by atoms with Gasteiger partial charge in [0.2, 0.25) is 5.92 Å². The summed E-state index contributed by atoms with van der Waals surface area (Å²) in [5, 5.41) is 13.1. The van der Waals surface area contributed by atoms with Crippen LogP contribution in [-0.2, 0) is 20.8 Å². The van der Waals surface area contributed by atoms with E-state index in [0.29, 0.717) is 36.5 Å². The maximum atomic E-state index is 13.8. The zero-order chi connectivity index (χ0) is 26.4. The maximum absolute atomic E-state index is 13.8. The molecule has 0 radical (unpaired) electrons. The van der Waals surface area contributed by atoms with E-state index in [1.807, 2.05) is 6.07 Å². The SMILES string of the molecule is CC(C)(C)OC(=O)N[C@@H]1CCCN(C(=NCc2cc(F)ccc2Cl)C(C#N)C(=O)OC(C)(C)C)C1. The molecule has 0 bridgehead atoms. The Bertz CT molecular complexity index is 995. The standard InChI is InChI=1S/C25H34ClFN4O4/c1-24(2,3)34-22(32)19(13-28)21(29-14-16-12-17(27)9-10-20(16)26)31-11-7-8-18(15-31)30-23(33)35-25(4,5)6/h9-10,12,18-19H,7-8,11,14-15H2,1-6H3,(H,30,33)/t18-,19?/m1/s1. The summed E-state index contributed by atoms with van der Waals surface area (Å²) in [4.78, 5) is 31.5. The van der Waals surface area contributed by atoms with Crippen molar-refractivity contribution in [3.05, 3.63) is 34.6 Å². The molecule has 1 aliphatic rings. The van der Waals surface area contributed by atoms with Gasteiger partial charge in [0.05, 0.1) is 12.6 Å². The number of ether oxygens (including phenoxy) is 2. The first-order valence-corrected chi connectivity index (χ1v) is 11.9. The maximum Gasteiger partial charge on any atom is 0.407 e. The summed E-state index contributed by atoms with van der Waals surface area (Å²) >= 11 is 6.19. The molecule has 35 heavy (non-hydrogen) atoms. The monoisotopic (exact) mass is 508 g/mol. The van der Waals surface area contributed by atoms with Crippen LogP contribution in [0.2, 0.25) is 5.02 Å². The topological polar surface area (TPSA) is 104 Å². The lowest BCUT2D eigenvalue weighted by Gasteiger charge is -2.36. The third-order valence-corrected chi connectivity index (χ3v) is 5.28. The first-order chi connectivity index (χ1) is 16.2. The largest absolute Gasteiger partial charge is 0.459 e. The quantitative estimate of drug-likeness (QED) is 0.346. The Morgan fingerprint density at radius 2 is 1.91 bits per heavy atom. The zero-order valence-corrected chi connectivity index (χ0v) is 21.9.